The number of methoxy groups -OCH3 is 4. The largest absolute Gasteiger partial charge is 0.497 e. The molecule has 0 bridgehead atoms. The second-order valence-electron chi connectivity index (χ2n) is 5.90. The predicted octanol–water partition coefficient (Wildman–Crippen LogP) is 4.37. The molecule has 0 amide bonds. The lowest BCUT2D eigenvalue weighted by Crippen LogP contribution is -1.95. The normalized spacial score (nSPS) is 10.6. The molecular weight excluding hydrogens is 380 g/mol. The first kappa shape index (κ1) is 19.9. The summed E-state index contributed by atoms with van der Waals surface area (Å²) in [5.74, 6) is 3.78. The minimum absolute atomic E-state index is 0.406. The smallest absolute Gasteiger partial charge is 0.277 e. The number of rotatable bonds is 8. The minimum atomic E-state index is 0.406. The van der Waals surface area contributed by atoms with Crippen LogP contribution >= 0.6 is 11.8 Å². The molecule has 3 rings (SSSR count). The highest BCUT2D eigenvalue weighted by Gasteiger charge is 2.14. The molecule has 8 heteroatoms. The van der Waals surface area contributed by atoms with Crippen molar-refractivity contribution in [2.75, 3.05) is 28.4 Å². The van der Waals surface area contributed by atoms with E-state index < -0.39 is 0 Å². The zero-order valence-electron chi connectivity index (χ0n) is 16.4. The Morgan fingerprint density at radius 1 is 0.821 bits per heavy atom. The number of benzene rings is 2. The average molecular weight is 402 g/mol. The summed E-state index contributed by atoms with van der Waals surface area (Å²) in [6.45, 7) is 2.03. The summed E-state index contributed by atoms with van der Waals surface area (Å²) in [5.41, 5.74) is 2.94. The molecule has 1 heterocycles. The summed E-state index contributed by atoms with van der Waals surface area (Å²) >= 11 is 1.46. The maximum Gasteiger partial charge on any atom is 0.277 e. The van der Waals surface area contributed by atoms with Gasteiger partial charge in [-0.1, -0.05) is 11.8 Å². The van der Waals surface area contributed by atoms with Crippen molar-refractivity contribution in [1.29, 1.82) is 0 Å². The number of hydrogen-bond donors (Lipinski definition) is 0. The van der Waals surface area contributed by atoms with Crippen LogP contribution in [-0.2, 0) is 5.75 Å². The van der Waals surface area contributed by atoms with Crippen LogP contribution in [0.3, 0.4) is 0 Å². The number of thioether (sulfide) groups is 1. The topological polar surface area (TPSA) is 75.8 Å². The van der Waals surface area contributed by atoms with Gasteiger partial charge >= 0.3 is 0 Å². The monoisotopic (exact) mass is 402 g/mol. The third-order valence-electron chi connectivity index (χ3n) is 4.20. The third kappa shape index (κ3) is 4.33. The lowest BCUT2D eigenvalue weighted by atomic mass is 10.1. The van der Waals surface area contributed by atoms with Crippen LogP contribution in [0.4, 0.5) is 0 Å². The molecule has 0 unspecified atom stereocenters. The molecule has 0 atom stereocenters. The van der Waals surface area contributed by atoms with Gasteiger partial charge in [-0.05, 0) is 42.3 Å². The molecule has 1 aromatic heterocycles. The molecule has 0 fully saturated rings. The van der Waals surface area contributed by atoms with Gasteiger partial charge in [0.25, 0.3) is 5.22 Å². The molecule has 0 aliphatic rings. The summed E-state index contributed by atoms with van der Waals surface area (Å²) < 4.78 is 27.1. The highest BCUT2D eigenvalue weighted by Crippen LogP contribution is 2.34. The number of aromatic nitrogens is 2. The fourth-order valence-corrected chi connectivity index (χ4v) is 3.46. The van der Waals surface area contributed by atoms with Gasteiger partial charge in [0, 0.05) is 17.4 Å². The fourth-order valence-electron chi connectivity index (χ4n) is 2.63. The number of ether oxygens (including phenoxy) is 4. The lowest BCUT2D eigenvalue weighted by molar-refractivity contribution is 0.354. The van der Waals surface area contributed by atoms with Crippen molar-refractivity contribution in [2.45, 2.75) is 17.9 Å². The molecule has 0 saturated carbocycles. The van der Waals surface area contributed by atoms with Crippen LogP contribution in [0.15, 0.2) is 40.0 Å². The van der Waals surface area contributed by atoms with E-state index in [9.17, 15) is 0 Å². The predicted molar refractivity (Wildman–Crippen MR) is 107 cm³/mol. The molecular formula is C20H22N2O5S. The van der Waals surface area contributed by atoms with E-state index in [0.717, 1.165) is 16.7 Å². The Kier molecular flexibility index (Phi) is 6.30. The van der Waals surface area contributed by atoms with Crippen molar-refractivity contribution in [3.8, 4) is 34.5 Å². The van der Waals surface area contributed by atoms with Crippen molar-refractivity contribution >= 4 is 11.8 Å². The molecule has 3 aromatic rings. The fraction of sp³-hybridized carbons (Fsp3) is 0.300. The third-order valence-corrected chi connectivity index (χ3v) is 5.07. The highest BCUT2D eigenvalue weighted by molar-refractivity contribution is 7.98. The average Bonchev–Trinajstić information content (AvgIpc) is 3.21. The molecule has 0 N–H and O–H groups in total. The van der Waals surface area contributed by atoms with Gasteiger partial charge in [0.15, 0.2) is 11.5 Å². The highest BCUT2D eigenvalue weighted by atomic mass is 32.2. The second-order valence-corrected chi connectivity index (χ2v) is 6.82. The Labute approximate surface area is 168 Å². The first-order chi connectivity index (χ1) is 13.6. The van der Waals surface area contributed by atoms with Gasteiger partial charge in [-0.2, -0.15) is 0 Å². The Bertz CT molecular complexity index is 936. The standard InChI is InChI=1S/C20H22N2O5S/c1-12-6-17(25-4)18(26-5)9-14(12)11-28-20-22-21-19(27-20)13-7-15(23-2)10-16(8-13)24-3/h6-10H,11H2,1-5H3. The Morgan fingerprint density at radius 2 is 1.46 bits per heavy atom. The molecule has 28 heavy (non-hydrogen) atoms. The van der Waals surface area contributed by atoms with Gasteiger partial charge in [0.2, 0.25) is 5.89 Å². The molecule has 0 radical (unpaired) electrons. The minimum Gasteiger partial charge on any atom is -0.497 e. The van der Waals surface area contributed by atoms with E-state index in [0.29, 0.717) is 39.9 Å². The number of aryl methyl sites for hydroxylation is 1. The Hall–Kier alpha value is -2.87. The summed E-state index contributed by atoms with van der Waals surface area (Å²) in [7, 11) is 6.44. The van der Waals surface area contributed by atoms with Gasteiger partial charge in [0.05, 0.1) is 28.4 Å². The van der Waals surface area contributed by atoms with Crippen LogP contribution in [-0.4, -0.2) is 38.6 Å². The molecule has 0 aliphatic carbocycles. The van der Waals surface area contributed by atoms with Crippen molar-refractivity contribution in [3.63, 3.8) is 0 Å². The van der Waals surface area contributed by atoms with E-state index in [1.54, 1.807) is 34.5 Å². The number of hydrogen-bond acceptors (Lipinski definition) is 8. The maximum atomic E-state index is 5.81. The van der Waals surface area contributed by atoms with Crippen LogP contribution < -0.4 is 18.9 Å². The van der Waals surface area contributed by atoms with Crippen LogP contribution in [0.1, 0.15) is 11.1 Å². The summed E-state index contributed by atoms with van der Waals surface area (Å²) in [6.07, 6.45) is 0. The van der Waals surface area contributed by atoms with Crippen molar-refractivity contribution in [1.82, 2.24) is 10.2 Å². The van der Waals surface area contributed by atoms with Gasteiger partial charge in [-0.15, -0.1) is 10.2 Å². The van der Waals surface area contributed by atoms with Crippen molar-refractivity contribution in [3.05, 3.63) is 41.5 Å². The Morgan fingerprint density at radius 3 is 2.07 bits per heavy atom. The lowest BCUT2D eigenvalue weighted by Gasteiger charge is -2.11. The summed E-state index contributed by atoms with van der Waals surface area (Å²) in [4.78, 5) is 0. The SMILES string of the molecule is COc1cc(OC)cc(-c2nnc(SCc3cc(OC)c(OC)cc3C)o2)c1. The molecule has 0 aliphatic heterocycles. The molecule has 2 aromatic carbocycles. The van der Waals surface area contributed by atoms with E-state index in [-0.39, 0.29) is 0 Å². The second kappa shape index (κ2) is 8.88. The van der Waals surface area contributed by atoms with Crippen molar-refractivity contribution in [2.24, 2.45) is 0 Å². The van der Waals surface area contributed by atoms with Gasteiger partial charge in [-0.3, -0.25) is 0 Å². The maximum absolute atomic E-state index is 5.81. The van der Waals surface area contributed by atoms with Crippen LogP contribution in [0.5, 0.6) is 23.0 Å². The van der Waals surface area contributed by atoms with E-state index in [2.05, 4.69) is 10.2 Å². The van der Waals surface area contributed by atoms with Gasteiger partial charge in [-0.25, -0.2) is 0 Å². The molecule has 0 spiro atoms. The van der Waals surface area contributed by atoms with E-state index in [1.807, 2.05) is 31.2 Å². The van der Waals surface area contributed by atoms with E-state index >= 15 is 0 Å². The Balaban J connectivity index is 1.77. The van der Waals surface area contributed by atoms with Crippen molar-refractivity contribution < 1.29 is 23.4 Å². The van der Waals surface area contributed by atoms with E-state index in [4.69, 9.17) is 23.4 Å². The van der Waals surface area contributed by atoms with Crippen LogP contribution in [0, 0.1) is 6.92 Å². The van der Waals surface area contributed by atoms with Crippen LogP contribution in [0.25, 0.3) is 11.5 Å². The summed E-state index contributed by atoms with van der Waals surface area (Å²) in [6, 6.07) is 9.35. The quantitative estimate of drug-likeness (QED) is 0.514. The number of nitrogens with zero attached hydrogens (tertiary/aromatic N) is 2. The molecule has 7 nitrogen and oxygen atoms in total. The zero-order chi connectivity index (χ0) is 20.1. The molecule has 148 valence electrons. The first-order valence-corrected chi connectivity index (χ1v) is 9.47. The summed E-state index contributed by atoms with van der Waals surface area (Å²) in [5, 5.41) is 8.75. The van der Waals surface area contributed by atoms with Gasteiger partial charge in [0.1, 0.15) is 11.5 Å². The van der Waals surface area contributed by atoms with Crippen LogP contribution in [0.2, 0.25) is 0 Å². The van der Waals surface area contributed by atoms with Gasteiger partial charge < -0.3 is 23.4 Å². The van der Waals surface area contributed by atoms with E-state index in [1.165, 1.54) is 11.8 Å². The first-order valence-electron chi connectivity index (χ1n) is 8.49. The molecule has 0 saturated heterocycles. The zero-order valence-corrected chi connectivity index (χ0v) is 17.3.